The summed E-state index contributed by atoms with van der Waals surface area (Å²) in [5.74, 6) is -1.17. The van der Waals surface area contributed by atoms with Gasteiger partial charge in [-0.1, -0.05) is 6.07 Å². The van der Waals surface area contributed by atoms with Crippen LogP contribution in [0, 0.1) is 28.7 Å². The molecule has 5 nitrogen and oxygen atoms in total. The highest BCUT2D eigenvalue weighted by molar-refractivity contribution is 7.19. The molecule has 0 atom stereocenters. The van der Waals surface area contributed by atoms with Gasteiger partial charge in [-0.2, -0.15) is 0 Å². The number of non-ortho nitro benzene ring substituents is 1. The molecule has 0 aliphatic carbocycles. The first kappa shape index (κ1) is 20.9. The molecule has 0 unspecified atom stereocenters. The summed E-state index contributed by atoms with van der Waals surface area (Å²) in [6.45, 7) is 2.66. The highest BCUT2D eigenvalue weighted by Crippen LogP contribution is 2.41. The van der Waals surface area contributed by atoms with Gasteiger partial charge in [-0.25, -0.2) is 8.78 Å². The molecule has 3 rings (SSSR count). The van der Waals surface area contributed by atoms with Crippen molar-refractivity contribution in [2.24, 2.45) is 0 Å². The number of rotatable bonds is 7. The van der Waals surface area contributed by atoms with Gasteiger partial charge in [0.1, 0.15) is 11.6 Å². The van der Waals surface area contributed by atoms with Crippen molar-refractivity contribution in [3.05, 3.63) is 80.9 Å². The van der Waals surface area contributed by atoms with Crippen LogP contribution in [0.15, 0.2) is 42.5 Å². The number of anilines is 1. The Morgan fingerprint density at radius 3 is 2.24 bits per heavy atom. The molecule has 29 heavy (non-hydrogen) atoms. The van der Waals surface area contributed by atoms with Crippen LogP contribution in [-0.2, 0) is 13.1 Å². The van der Waals surface area contributed by atoms with Crippen molar-refractivity contribution < 1.29 is 13.7 Å². The van der Waals surface area contributed by atoms with Crippen molar-refractivity contribution in [3.63, 3.8) is 0 Å². The van der Waals surface area contributed by atoms with Crippen LogP contribution < -0.4 is 5.32 Å². The van der Waals surface area contributed by atoms with Crippen LogP contribution in [0.5, 0.6) is 0 Å². The lowest BCUT2D eigenvalue weighted by Gasteiger charge is -2.12. The van der Waals surface area contributed by atoms with E-state index in [-0.39, 0.29) is 17.8 Å². The van der Waals surface area contributed by atoms with E-state index >= 15 is 0 Å². The molecular formula is C21H21F2N3O2S. The largest absolute Gasteiger partial charge is 0.372 e. The molecule has 0 saturated heterocycles. The van der Waals surface area contributed by atoms with E-state index in [1.807, 2.05) is 25.9 Å². The van der Waals surface area contributed by atoms with Crippen molar-refractivity contribution in [1.82, 2.24) is 4.90 Å². The normalized spacial score (nSPS) is 11.1. The molecule has 0 aliphatic rings. The maximum absolute atomic E-state index is 13.9. The minimum absolute atomic E-state index is 0.00801. The second kappa shape index (κ2) is 8.67. The van der Waals surface area contributed by atoms with Crippen LogP contribution in [-0.4, -0.2) is 23.9 Å². The van der Waals surface area contributed by atoms with Gasteiger partial charge in [0.2, 0.25) is 0 Å². The third-order valence-corrected chi connectivity index (χ3v) is 5.91. The van der Waals surface area contributed by atoms with Crippen molar-refractivity contribution in [1.29, 1.82) is 0 Å². The predicted molar refractivity (Wildman–Crippen MR) is 112 cm³/mol. The molecule has 1 aromatic heterocycles. The molecule has 3 aromatic rings. The van der Waals surface area contributed by atoms with Gasteiger partial charge in [-0.05, 0) is 62.0 Å². The average Bonchev–Trinajstić information content (AvgIpc) is 2.97. The summed E-state index contributed by atoms with van der Waals surface area (Å²) in [7, 11) is 3.91. The summed E-state index contributed by atoms with van der Waals surface area (Å²) >= 11 is 1.47. The fourth-order valence-corrected chi connectivity index (χ4v) is 4.28. The Hall–Kier alpha value is -2.84. The molecule has 0 fully saturated rings. The average molecular weight is 417 g/mol. The van der Waals surface area contributed by atoms with Crippen LogP contribution in [0.2, 0.25) is 0 Å². The third kappa shape index (κ3) is 4.60. The number of hydrogen-bond acceptors (Lipinski definition) is 5. The van der Waals surface area contributed by atoms with Crippen LogP contribution in [0.3, 0.4) is 0 Å². The Kier molecular flexibility index (Phi) is 6.24. The topological polar surface area (TPSA) is 58.4 Å². The fourth-order valence-electron chi connectivity index (χ4n) is 3.06. The lowest BCUT2D eigenvalue weighted by Crippen LogP contribution is -2.11. The molecule has 152 valence electrons. The van der Waals surface area contributed by atoms with E-state index in [4.69, 9.17) is 0 Å². The Labute approximate surface area is 171 Å². The Balaban J connectivity index is 1.95. The summed E-state index contributed by atoms with van der Waals surface area (Å²) in [5, 5.41) is 14.9. The number of thiophene rings is 1. The molecule has 0 saturated carbocycles. The summed E-state index contributed by atoms with van der Waals surface area (Å²) in [5.41, 5.74) is 2.96. The SMILES string of the molecule is Cc1c(NCc2c(F)cccc2F)sc(-c2ccc([N+](=O)[O-])cc2)c1CN(C)C. The molecule has 0 spiro atoms. The van der Waals surface area contributed by atoms with Crippen molar-refractivity contribution in [3.8, 4) is 10.4 Å². The molecule has 0 radical (unpaired) electrons. The van der Waals surface area contributed by atoms with Gasteiger partial charge in [0, 0.05) is 35.7 Å². The number of nitrogens with zero attached hydrogens (tertiary/aromatic N) is 2. The number of nitro groups is 1. The smallest absolute Gasteiger partial charge is 0.269 e. The first-order chi connectivity index (χ1) is 13.8. The standard InChI is InChI=1S/C21H21F2N3O2S/c1-13-17(12-25(2)3)20(14-7-9-15(10-8-14)26(27)28)29-21(13)24-11-16-18(22)5-4-6-19(16)23/h4-10,24H,11-12H2,1-3H3. The fraction of sp³-hybridized carbons (Fsp3) is 0.238. The van der Waals surface area contributed by atoms with E-state index in [1.165, 1.54) is 41.7 Å². The second-order valence-corrected chi connectivity index (χ2v) is 7.98. The molecule has 0 bridgehead atoms. The lowest BCUT2D eigenvalue weighted by molar-refractivity contribution is -0.384. The number of nitro benzene ring substituents is 1. The zero-order valence-electron chi connectivity index (χ0n) is 16.3. The van der Waals surface area contributed by atoms with E-state index in [1.54, 1.807) is 12.1 Å². The van der Waals surface area contributed by atoms with Crippen molar-refractivity contribution in [2.45, 2.75) is 20.0 Å². The minimum atomic E-state index is -0.587. The third-order valence-electron chi connectivity index (χ3n) is 4.57. The molecular weight excluding hydrogens is 396 g/mol. The molecule has 0 amide bonds. The number of halogens is 2. The second-order valence-electron chi connectivity index (χ2n) is 6.96. The summed E-state index contributed by atoms with van der Waals surface area (Å²) in [6, 6.07) is 10.2. The van der Waals surface area contributed by atoms with Crippen LogP contribution in [0.25, 0.3) is 10.4 Å². The van der Waals surface area contributed by atoms with Crippen LogP contribution >= 0.6 is 11.3 Å². The maximum Gasteiger partial charge on any atom is 0.269 e. The molecule has 0 aliphatic heterocycles. The monoisotopic (exact) mass is 417 g/mol. The Bertz CT molecular complexity index is 1010. The number of benzene rings is 2. The van der Waals surface area contributed by atoms with Gasteiger partial charge in [0.05, 0.1) is 9.92 Å². The van der Waals surface area contributed by atoms with Gasteiger partial charge in [0.25, 0.3) is 5.69 Å². The number of nitrogens with one attached hydrogen (secondary N) is 1. The first-order valence-electron chi connectivity index (χ1n) is 8.96. The predicted octanol–water partition coefficient (Wildman–Crippen LogP) is 5.58. The summed E-state index contributed by atoms with van der Waals surface area (Å²) in [6.07, 6.45) is 0. The zero-order valence-corrected chi connectivity index (χ0v) is 17.1. The van der Waals surface area contributed by atoms with Gasteiger partial charge >= 0.3 is 0 Å². The Morgan fingerprint density at radius 2 is 1.69 bits per heavy atom. The quantitative estimate of drug-likeness (QED) is 0.403. The zero-order chi connectivity index (χ0) is 21.1. The van der Waals surface area contributed by atoms with Gasteiger partial charge in [-0.3, -0.25) is 10.1 Å². The van der Waals surface area contributed by atoms with E-state index in [0.717, 1.165) is 26.6 Å². The van der Waals surface area contributed by atoms with Gasteiger partial charge in [-0.15, -0.1) is 11.3 Å². The summed E-state index contributed by atoms with van der Waals surface area (Å²) in [4.78, 5) is 13.5. The molecule has 1 heterocycles. The van der Waals surface area contributed by atoms with E-state index in [9.17, 15) is 18.9 Å². The maximum atomic E-state index is 13.9. The van der Waals surface area contributed by atoms with Crippen molar-refractivity contribution in [2.75, 3.05) is 19.4 Å². The highest BCUT2D eigenvalue weighted by atomic mass is 32.1. The lowest BCUT2D eigenvalue weighted by atomic mass is 10.1. The first-order valence-corrected chi connectivity index (χ1v) is 9.78. The van der Waals surface area contributed by atoms with Crippen LogP contribution in [0.1, 0.15) is 16.7 Å². The van der Waals surface area contributed by atoms with Gasteiger partial charge in [0.15, 0.2) is 0 Å². The van der Waals surface area contributed by atoms with Gasteiger partial charge < -0.3 is 10.2 Å². The Morgan fingerprint density at radius 1 is 1.07 bits per heavy atom. The van der Waals surface area contributed by atoms with E-state index < -0.39 is 16.6 Å². The van der Waals surface area contributed by atoms with Crippen LogP contribution in [0.4, 0.5) is 19.5 Å². The molecule has 8 heteroatoms. The summed E-state index contributed by atoms with van der Waals surface area (Å²) < 4.78 is 27.9. The number of hydrogen-bond donors (Lipinski definition) is 1. The van der Waals surface area contributed by atoms with E-state index in [0.29, 0.717) is 6.54 Å². The van der Waals surface area contributed by atoms with Crippen molar-refractivity contribution >= 4 is 22.0 Å². The van der Waals surface area contributed by atoms with E-state index in [2.05, 4.69) is 5.32 Å². The molecule has 1 N–H and O–H groups in total. The molecule has 2 aromatic carbocycles. The highest BCUT2D eigenvalue weighted by Gasteiger charge is 2.19. The minimum Gasteiger partial charge on any atom is -0.372 e.